The van der Waals surface area contributed by atoms with Gasteiger partial charge in [0, 0.05) is 11.1 Å². The third-order valence-corrected chi connectivity index (χ3v) is 2.83. The first-order valence-electron chi connectivity index (χ1n) is 3.92. The molecule has 0 bridgehead atoms. The first kappa shape index (κ1) is 9.98. The lowest BCUT2D eigenvalue weighted by Gasteiger charge is -2.22. The molecule has 13 heavy (non-hydrogen) atoms. The van der Waals surface area contributed by atoms with Crippen molar-refractivity contribution in [3.63, 3.8) is 0 Å². The van der Waals surface area contributed by atoms with Crippen LogP contribution < -0.4 is 11.1 Å². The number of nitrogens with one attached hydrogen (secondary N) is 1. The van der Waals surface area contributed by atoms with Gasteiger partial charge in [-0.15, -0.1) is 11.3 Å². The fraction of sp³-hybridized carbons (Fsp3) is 0.500. The normalized spacial score (nSPS) is 11.3. The van der Waals surface area contributed by atoms with Crippen molar-refractivity contribution >= 4 is 17.4 Å². The van der Waals surface area contributed by atoms with E-state index in [-0.39, 0.29) is 0 Å². The summed E-state index contributed by atoms with van der Waals surface area (Å²) in [6, 6.07) is -0.530. The third kappa shape index (κ3) is 2.42. The number of primary amides is 1. The van der Waals surface area contributed by atoms with Gasteiger partial charge in [-0.05, 0) is 20.8 Å². The molecule has 0 saturated carbocycles. The molecular weight excluding hydrogens is 186 g/mol. The van der Waals surface area contributed by atoms with Gasteiger partial charge in [0.15, 0.2) is 0 Å². The second kappa shape index (κ2) is 3.33. The quantitative estimate of drug-likeness (QED) is 0.755. The van der Waals surface area contributed by atoms with Crippen molar-refractivity contribution in [1.29, 1.82) is 0 Å². The van der Waals surface area contributed by atoms with Crippen LogP contribution in [-0.2, 0) is 5.54 Å². The van der Waals surface area contributed by atoms with E-state index >= 15 is 0 Å². The molecule has 0 aliphatic heterocycles. The number of carbonyl (C=O) groups is 1. The van der Waals surface area contributed by atoms with E-state index < -0.39 is 11.6 Å². The summed E-state index contributed by atoms with van der Waals surface area (Å²) < 4.78 is 0. The van der Waals surface area contributed by atoms with E-state index in [0.29, 0.717) is 0 Å². The molecule has 0 aromatic carbocycles. The van der Waals surface area contributed by atoms with Crippen LogP contribution in [0.15, 0.2) is 6.20 Å². The standard InChI is InChI=1S/C8H13N3OS/c1-5-4-10-6(13-5)8(2,3)11-7(9)12/h4H,1-3H3,(H3,9,11,12). The Labute approximate surface area is 81.2 Å². The van der Waals surface area contributed by atoms with E-state index in [1.54, 1.807) is 17.5 Å². The molecule has 0 unspecified atom stereocenters. The van der Waals surface area contributed by atoms with E-state index in [1.807, 2.05) is 20.8 Å². The van der Waals surface area contributed by atoms with Gasteiger partial charge in [0.05, 0.1) is 5.54 Å². The molecule has 0 aliphatic carbocycles. The van der Waals surface area contributed by atoms with Gasteiger partial charge in [-0.2, -0.15) is 0 Å². The van der Waals surface area contributed by atoms with Crippen LogP contribution in [0.2, 0.25) is 0 Å². The molecule has 0 spiro atoms. The number of thiazole rings is 1. The lowest BCUT2D eigenvalue weighted by molar-refractivity contribution is 0.238. The van der Waals surface area contributed by atoms with Crippen molar-refractivity contribution in [1.82, 2.24) is 10.3 Å². The highest BCUT2D eigenvalue weighted by Crippen LogP contribution is 2.24. The monoisotopic (exact) mass is 199 g/mol. The lowest BCUT2D eigenvalue weighted by atomic mass is 10.1. The number of aryl methyl sites for hydroxylation is 1. The van der Waals surface area contributed by atoms with Crippen molar-refractivity contribution < 1.29 is 4.79 Å². The van der Waals surface area contributed by atoms with Crippen LogP contribution in [0.3, 0.4) is 0 Å². The largest absolute Gasteiger partial charge is 0.352 e. The summed E-state index contributed by atoms with van der Waals surface area (Å²) in [4.78, 5) is 16.0. The molecule has 0 atom stereocenters. The first-order chi connectivity index (χ1) is 5.92. The van der Waals surface area contributed by atoms with E-state index in [0.717, 1.165) is 9.88 Å². The zero-order valence-corrected chi connectivity index (χ0v) is 8.73. The summed E-state index contributed by atoms with van der Waals surface area (Å²) in [6.07, 6.45) is 1.78. The van der Waals surface area contributed by atoms with Crippen molar-refractivity contribution in [2.75, 3.05) is 0 Å². The molecule has 0 saturated heterocycles. The number of hydrogen-bond donors (Lipinski definition) is 2. The number of urea groups is 1. The lowest BCUT2D eigenvalue weighted by Crippen LogP contribution is -2.43. The van der Waals surface area contributed by atoms with E-state index in [4.69, 9.17) is 5.73 Å². The average molecular weight is 199 g/mol. The number of nitrogens with zero attached hydrogens (tertiary/aromatic N) is 1. The van der Waals surface area contributed by atoms with Gasteiger partial charge >= 0.3 is 6.03 Å². The highest BCUT2D eigenvalue weighted by molar-refractivity contribution is 7.11. The Balaban J connectivity index is 2.86. The molecule has 5 heteroatoms. The maximum atomic E-state index is 10.7. The Morgan fingerprint density at radius 3 is 2.69 bits per heavy atom. The topological polar surface area (TPSA) is 68.0 Å². The zero-order valence-electron chi connectivity index (χ0n) is 7.92. The fourth-order valence-corrected chi connectivity index (χ4v) is 1.83. The van der Waals surface area contributed by atoms with Gasteiger partial charge < -0.3 is 11.1 Å². The molecule has 0 radical (unpaired) electrons. The second-order valence-electron chi connectivity index (χ2n) is 3.39. The van der Waals surface area contributed by atoms with Gasteiger partial charge in [-0.1, -0.05) is 0 Å². The smallest absolute Gasteiger partial charge is 0.312 e. The molecule has 1 heterocycles. The van der Waals surface area contributed by atoms with Crippen molar-refractivity contribution in [3.8, 4) is 0 Å². The minimum Gasteiger partial charge on any atom is -0.352 e. The second-order valence-corrected chi connectivity index (χ2v) is 4.63. The van der Waals surface area contributed by atoms with Crippen LogP contribution >= 0.6 is 11.3 Å². The molecule has 0 aliphatic rings. The summed E-state index contributed by atoms with van der Waals surface area (Å²) >= 11 is 1.56. The highest BCUT2D eigenvalue weighted by Gasteiger charge is 2.24. The highest BCUT2D eigenvalue weighted by atomic mass is 32.1. The average Bonchev–Trinajstić information content (AvgIpc) is 2.32. The first-order valence-corrected chi connectivity index (χ1v) is 4.74. The van der Waals surface area contributed by atoms with Crippen LogP contribution in [-0.4, -0.2) is 11.0 Å². The maximum Gasteiger partial charge on any atom is 0.312 e. The maximum absolute atomic E-state index is 10.7. The fourth-order valence-electron chi connectivity index (χ4n) is 1.01. The Hall–Kier alpha value is -1.10. The van der Waals surface area contributed by atoms with Crippen molar-refractivity contribution in [2.45, 2.75) is 26.3 Å². The molecule has 2 amide bonds. The van der Waals surface area contributed by atoms with Gasteiger partial charge in [0.2, 0.25) is 0 Å². The molecule has 1 rings (SSSR count). The molecule has 4 nitrogen and oxygen atoms in total. The molecule has 72 valence electrons. The van der Waals surface area contributed by atoms with Crippen LogP contribution in [0.1, 0.15) is 23.7 Å². The number of amides is 2. The Bertz CT molecular complexity index is 319. The Morgan fingerprint density at radius 2 is 2.31 bits per heavy atom. The Kier molecular flexibility index (Phi) is 2.56. The van der Waals surface area contributed by atoms with Gasteiger partial charge in [-0.25, -0.2) is 9.78 Å². The number of nitrogens with two attached hydrogens (primary N) is 1. The molecule has 0 fully saturated rings. The SMILES string of the molecule is Cc1cnc(C(C)(C)NC(N)=O)s1. The summed E-state index contributed by atoms with van der Waals surface area (Å²) in [7, 11) is 0. The summed E-state index contributed by atoms with van der Waals surface area (Å²) in [5, 5.41) is 3.50. The van der Waals surface area contributed by atoms with E-state index in [1.165, 1.54) is 0 Å². The number of hydrogen-bond acceptors (Lipinski definition) is 3. The van der Waals surface area contributed by atoms with Gasteiger partial charge in [0.25, 0.3) is 0 Å². The minimum atomic E-state index is -0.530. The molecule has 3 N–H and O–H groups in total. The number of carbonyl (C=O) groups excluding carboxylic acids is 1. The predicted molar refractivity (Wildman–Crippen MR) is 52.6 cm³/mol. The van der Waals surface area contributed by atoms with Crippen LogP contribution in [0.5, 0.6) is 0 Å². The summed E-state index contributed by atoms with van der Waals surface area (Å²) in [6.45, 7) is 5.72. The minimum absolute atomic E-state index is 0.481. The zero-order chi connectivity index (χ0) is 10.1. The summed E-state index contributed by atoms with van der Waals surface area (Å²) in [5.74, 6) is 0. The number of rotatable bonds is 2. The number of aromatic nitrogens is 1. The van der Waals surface area contributed by atoms with Crippen molar-refractivity contribution in [2.24, 2.45) is 5.73 Å². The van der Waals surface area contributed by atoms with Crippen LogP contribution in [0.4, 0.5) is 4.79 Å². The molecule has 1 aromatic heterocycles. The van der Waals surface area contributed by atoms with E-state index in [2.05, 4.69) is 10.3 Å². The van der Waals surface area contributed by atoms with Crippen LogP contribution in [0, 0.1) is 6.92 Å². The van der Waals surface area contributed by atoms with Crippen molar-refractivity contribution in [3.05, 3.63) is 16.1 Å². The predicted octanol–water partition coefficient (Wildman–Crippen LogP) is 1.35. The summed E-state index contributed by atoms with van der Waals surface area (Å²) in [5.41, 5.74) is 4.57. The van der Waals surface area contributed by atoms with Gasteiger partial charge in [-0.3, -0.25) is 0 Å². The third-order valence-electron chi connectivity index (χ3n) is 1.59. The van der Waals surface area contributed by atoms with Gasteiger partial charge in [0.1, 0.15) is 5.01 Å². The Morgan fingerprint density at radius 1 is 1.69 bits per heavy atom. The molecular formula is C8H13N3OS. The van der Waals surface area contributed by atoms with Crippen LogP contribution in [0.25, 0.3) is 0 Å². The molecule has 1 aromatic rings. The van der Waals surface area contributed by atoms with E-state index in [9.17, 15) is 4.79 Å².